The summed E-state index contributed by atoms with van der Waals surface area (Å²) in [5.74, 6) is 0.316. The van der Waals surface area contributed by atoms with E-state index in [2.05, 4.69) is 26.0 Å². The van der Waals surface area contributed by atoms with Crippen molar-refractivity contribution in [2.24, 2.45) is 0 Å². The molecule has 7 aromatic rings. The van der Waals surface area contributed by atoms with Gasteiger partial charge in [0, 0.05) is 0 Å². The van der Waals surface area contributed by atoms with Gasteiger partial charge in [-0.25, -0.2) is 9.59 Å². The molecule has 0 aliphatic rings. The van der Waals surface area contributed by atoms with Crippen LogP contribution in [-0.2, 0) is 12.8 Å². The minimum Gasteiger partial charge on any atom is -0.423 e. The van der Waals surface area contributed by atoms with Crippen LogP contribution >= 0.6 is 0 Å². The van der Waals surface area contributed by atoms with Crippen molar-refractivity contribution in [1.82, 2.24) is 0 Å². The van der Waals surface area contributed by atoms with E-state index in [0.717, 1.165) is 68.8 Å². The van der Waals surface area contributed by atoms with Crippen molar-refractivity contribution in [3.05, 3.63) is 131 Å². The van der Waals surface area contributed by atoms with Gasteiger partial charge in [-0.05, 0) is 116 Å². The van der Waals surface area contributed by atoms with Crippen LogP contribution in [0.25, 0.3) is 43.1 Å². The highest BCUT2D eigenvalue weighted by Crippen LogP contribution is 2.42. The minimum atomic E-state index is -0.381. The molecule has 0 fully saturated rings. The smallest absolute Gasteiger partial charge is 0.344 e. The van der Waals surface area contributed by atoms with E-state index in [1.807, 2.05) is 97.1 Å². The summed E-state index contributed by atoms with van der Waals surface area (Å²) in [6, 6.07) is 35.5. The lowest BCUT2D eigenvalue weighted by Gasteiger charge is -2.17. The standard InChI is InChI=1S/C44H40O4/c1-3-5-7-11-29-17-21-31(22-18-29)47-43(45)39-27-25-37-34-14-10-16-36-40(28-26-38(42(34)36)33-13-9-15-35(39)41(33)37)44(46)48-32-23-19-30(20-24-32)12-8-6-4-2/h9-10,13-28H,3-8,11-12H2,1-2H3. The summed E-state index contributed by atoms with van der Waals surface area (Å²) in [6.45, 7) is 4.41. The normalized spacial score (nSPS) is 11.5. The monoisotopic (exact) mass is 632 g/mol. The van der Waals surface area contributed by atoms with Gasteiger partial charge in [0.1, 0.15) is 11.5 Å². The number of ether oxygens (including phenoxy) is 2. The van der Waals surface area contributed by atoms with E-state index in [4.69, 9.17) is 9.47 Å². The third-order valence-electron chi connectivity index (χ3n) is 9.51. The number of hydrogen-bond donors (Lipinski definition) is 0. The number of unbranched alkanes of at least 4 members (excludes halogenated alkanes) is 4. The van der Waals surface area contributed by atoms with Gasteiger partial charge in [0.2, 0.25) is 0 Å². The fourth-order valence-electron chi connectivity index (χ4n) is 7.00. The van der Waals surface area contributed by atoms with Crippen LogP contribution in [0.4, 0.5) is 0 Å². The van der Waals surface area contributed by atoms with E-state index in [-0.39, 0.29) is 11.9 Å². The summed E-state index contributed by atoms with van der Waals surface area (Å²) in [5, 5.41) is 7.80. The Kier molecular flexibility index (Phi) is 9.07. The van der Waals surface area contributed by atoms with E-state index in [1.165, 1.54) is 36.8 Å². The number of carbonyl (C=O) groups excluding carboxylic acids is 2. The maximum Gasteiger partial charge on any atom is 0.344 e. The lowest BCUT2D eigenvalue weighted by Crippen LogP contribution is -2.10. The highest BCUT2D eigenvalue weighted by Gasteiger charge is 2.21. The van der Waals surface area contributed by atoms with Gasteiger partial charge in [-0.2, -0.15) is 0 Å². The molecule has 4 nitrogen and oxygen atoms in total. The summed E-state index contributed by atoms with van der Waals surface area (Å²) in [6.07, 6.45) is 9.18. The maximum absolute atomic E-state index is 13.6. The van der Waals surface area contributed by atoms with Crippen LogP contribution in [0.5, 0.6) is 11.5 Å². The Balaban J connectivity index is 1.21. The van der Waals surface area contributed by atoms with Crippen LogP contribution in [0.2, 0.25) is 0 Å². The van der Waals surface area contributed by atoms with Gasteiger partial charge < -0.3 is 9.47 Å². The SMILES string of the molecule is CCCCCc1ccc(OC(=O)c2ccc3c4cccc5c(C(=O)Oc6ccc(CCCCC)cc6)ccc(c6cccc2c63)c54)cc1. The Morgan fingerprint density at radius 3 is 1.21 bits per heavy atom. The molecule has 4 heteroatoms. The van der Waals surface area contributed by atoms with Gasteiger partial charge in [0.25, 0.3) is 0 Å². The van der Waals surface area contributed by atoms with Crippen LogP contribution in [-0.4, -0.2) is 11.9 Å². The van der Waals surface area contributed by atoms with Crippen LogP contribution < -0.4 is 9.47 Å². The number of aryl methyl sites for hydroxylation is 2. The third-order valence-corrected chi connectivity index (χ3v) is 9.51. The van der Waals surface area contributed by atoms with Crippen LogP contribution in [0.3, 0.4) is 0 Å². The molecule has 0 unspecified atom stereocenters. The van der Waals surface area contributed by atoms with Crippen molar-refractivity contribution in [2.45, 2.75) is 65.2 Å². The number of esters is 2. The second-order valence-corrected chi connectivity index (χ2v) is 12.8. The molecule has 0 aliphatic heterocycles. The Morgan fingerprint density at radius 1 is 0.438 bits per heavy atom. The fourth-order valence-corrected chi connectivity index (χ4v) is 7.00. The number of carbonyl (C=O) groups is 2. The molecule has 7 rings (SSSR count). The molecule has 0 bridgehead atoms. The second-order valence-electron chi connectivity index (χ2n) is 12.8. The molecule has 0 aromatic heterocycles. The van der Waals surface area contributed by atoms with Gasteiger partial charge >= 0.3 is 11.9 Å². The lowest BCUT2D eigenvalue weighted by atomic mass is 9.87. The number of rotatable bonds is 12. The third kappa shape index (κ3) is 6.11. The molecule has 0 amide bonds. The van der Waals surface area contributed by atoms with Crippen LogP contribution in [0.1, 0.15) is 84.2 Å². The molecule has 0 N–H and O–H groups in total. The summed E-state index contributed by atoms with van der Waals surface area (Å²) in [4.78, 5) is 27.1. The van der Waals surface area contributed by atoms with Crippen LogP contribution in [0, 0.1) is 0 Å². The first-order valence-electron chi connectivity index (χ1n) is 17.3. The second kappa shape index (κ2) is 13.9. The lowest BCUT2D eigenvalue weighted by molar-refractivity contribution is 0.0727. The van der Waals surface area contributed by atoms with E-state index < -0.39 is 0 Å². The molecule has 0 atom stereocenters. The van der Waals surface area contributed by atoms with Crippen molar-refractivity contribution < 1.29 is 19.1 Å². The predicted molar refractivity (Wildman–Crippen MR) is 197 cm³/mol. The topological polar surface area (TPSA) is 52.6 Å². The summed E-state index contributed by atoms with van der Waals surface area (Å²) >= 11 is 0. The predicted octanol–water partition coefficient (Wildman–Crippen LogP) is 11.6. The summed E-state index contributed by atoms with van der Waals surface area (Å²) in [7, 11) is 0. The highest BCUT2D eigenvalue weighted by molar-refractivity contribution is 6.35. The van der Waals surface area contributed by atoms with Crippen molar-refractivity contribution in [3.63, 3.8) is 0 Å². The fraction of sp³-hybridized carbons (Fsp3) is 0.227. The van der Waals surface area contributed by atoms with E-state index in [0.29, 0.717) is 22.6 Å². The quantitative estimate of drug-likeness (QED) is 0.0442. The van der Waals surface area contributed by atoms with Crippen LogP contribution in [0.15, 0.2) is 109 Å². The zero-order valence-electron chi connectivity index (χ0n) is 27.7. The van der Waals surface area contributed by atoms with Gasteiger partial charge in [-0.3, -0.25) is 0 Å². The maximum atomic E-state index is 13.6. The highest BCUT2D eigenvalue weighted by atomic mass is 16.5. The largest absolute Gasteiger partial charge is 0.423 e. The van der Waals surface area contributed by atoms with Gasteiger partial charge in [-0.15, -0.1) is 0 Å². The molecule has 0 heterocycles. The van der Waals surface area contributed by atoms with E-state index in [1.54, 1.807) is 0 Å². The first-order valence-corrected chi connectivity index (χ1v) is 17.3. The number of hydrogen-bond acceptors (Lipinski definition) is 4. The molecule has 7 aromatic carbocycles. The summed E-state index contributed by atoms with van der Waals surface area (Å²) < 4.78 is 11.8. The zero-order valence-corrected chi connectivity index (χ0v) is 27.7. The molecule has 0 saturated carbocycles. The van der Waals surface area contributed by atoms with Crippen molar-refractivity contribution in [3.8, 4) is 11.5 Å². The van der Waals surface area contributed by atoms with E-state index >= 15 is 0 Å². The molecule has 0 spiro atoms. The average molecular weight is 633 g/mol. The minimum absolute atomic E-state index is 0.381. The molecule has 0 aliphatic carbocycles. The molecular formula is C44H40O4. The first-order chi connectivity index (χ1) is 23.6. The van der Waals surface area contributed by atoms with Crippen molar-refractivity contribution >= 4 is 55.0 Å². The molecule has 48 heavy (non-hydrogen) atoms. The number of benzene rings is 7. The van der Waals surface area contributed by atoms with Crippen molar-refractivity contribution in [1.29, 1.82) is 0 Å². The Bertz CT molecular complexity index is 2050. The van der Waals surface area contributed by atoms with E-state index in [9.17, 15) is 9.59 Å². The molecular weight excluding hydrogens is 592 g/mol. The summed E-state index contributed by atoms with van der Waals surface area (Å²) in [5.41, 5.74) is 3.55. The van der Waals surface area contributed by atoms with Gasteiger partial charge in [0.15, 0.2) is 0 Å². The Labute approximate surface area is 281 Å². The molecule has 0 radical (unpaired) electrons. The van der Waals surface area contributed by atoms with Gasteiger partial charge in [-0.1, -0.05) is 112 Å². The van der Waals surface area contributed by atoms with Crippen molar-refractivity contribution in [2.75, 3.05) is 0 Å². The molecule has 0 saturated heterocycles. The Morgan fingerprint density at radius 2 is 0.812 bits per heavy atom. The first kappa shape index (κ1) is 31.4. The molecule has 240 valence electrons. The zero-order chi connectivity index (χ0) is 33.0. The van der Waals surface area contributed by atoms with Gasteiger partial charge in [0.05, 0.1) is 11.1 Å². The number of fused-ring (bicyclic) bond motifs is 2. The Hall–Kier alpha value is -5.22. The average Bonchev–Trinajstić information content (AvgIpc) is 3.11.